The van der Waals surface area contributed by atoms with Gasteiger partial charge in [0, 0.05) is 18.6 Å². The minimum absolute atomic E-state index is 0.0221. The van der Waals surface area contributed by atoms with Crippen molar-refractivity contribution in [3.8, 4) is 5.75 Å². The van der Waals surface area contributed by atoms with Crippen LogP contribution in [0, 0.1) is 5.82 Å². The topological polar surface area (TPSA) is 58.6 Å². The summed E-state index contributed by atoms with van der Waals surface area (Å²) in [4.78, 5) is 26.0. The Morgan fingerprint density at radius 1 is 1.19 bits per heavy atom. The third kappa shape index (κ3) is 4.95. The molecule has 2 amide bonds. The first kappa shape index (κ1) is 19.7. The number of para-hydroxylation sites is 1. The molecule has 0 aromatic heterocycles. The van der Waals surface area contributed by atoms with Crippen LogP contribution >= 0.6 is 11.6 Å². The summed E-state index contributed by atoms with van der Waals surface area (Å²) in [7, 11) is 1.49. The van der Waals surface area contributed by atoms with Gasteiger partial charge in [0.05, 0.1) is 0 Å². The average molecular weight is 379 g/mol. The smallest absolute Gasteiger partial charge is 0.261 e. The summed E-state index contributed by atoms with van der Waals surface area (Å²) in [5, 5.41) is 3.01. The fourth-order valence-corrected chi connectivity index (χ4v) is 2.58. The Morgan fingerprint density at radius 3 is 2.50 bits per heavy atom. The lowest BCUT2D eigenvalue weighted by atomic mass is 10.1. The molecule has 1 N–H and O–H groups in total. The molecule has 0 aliphatic carbocycles. The summed E-state index contributed by atoms with van der Waals surface area (Å²) >= 11 is 6.17. The molecule has 5 nitrogen and oxygen atoms in total. The van der Waals surface area contributed by atoms with E-state index in [0.717, 1.165) is 0 Å². The van der Waals surface area contributed by atoms with Crippen LogP contribution in [-0.2, 0) is 16.1 Å². The Kier molecular flexibility index (Phi) is 6.97. The van der Waals surface area contributed by atoms with Gasteiger partial charge in [-0.25, -0.2) is 4.39 Å². The highest BCUT2D eigenvalue weighted by atomic mass is 35.5. The van der Waals surface area contributed by atoms with Crippen LogP contribution < -0.4 is 10.1 Å². The number of benzene rings is 2. The molecule has 0 spiro atoms. The van der Waals surface area contributed by atoms with Gasteiger partial charge in [-0.3, -0.25) is 9.59 Å². The lowest BCUT2D eigenvalue weighted by molar-refractivity contribution is -0.142. The number of hydrogen-bond acceptors (Lipinski definition) is 3. The van der Waals surface area contributed by atoms with Gasteiger partial charge in [0.2, 0.25) is 5.91 Å². The Morgan fingerprint density at radius 2 is 1.85 bits per heavy atom. The second-order valence-corrected chi connectivity index (χ2v) is 6.03. The lowest BCUT2D eigenvalue weighted by Crippen LogP contribution is -2.48. The van der Waals surface area contributed by atoms with Crippen LogP contribution in [0.1, 0.15) is 12.5 Å². The quantitative estimate of drug-likeness (QED) is 0.805. The number of rotatable bonds is 7. The fourth-order valence-electron chi connectivity index (χ4n) is 2.39. The summed E-state index contributed by atoms with van der Waals surface area (Å²) in [6.45, 7) is 1.34. The highest BCUT2D eigenvalue weighted by Crippen LogP contribution is 2.20. The van der Waals surface area contributed by atoms with Gasteiger partial charge in [-0.05, 0) is 30.7 Å². The zero-order valence-electron chi connectivity index (χ0n) is 14.5. The largest absolute Gasteiger partial charge is 0.481 e. The third-order valence-electron chi connectivity index (χ3n) is 3.90. The first-order valence-electron chi connectivity index (χ1n) is 8.05. The summed E-state index contributed by atoms with van der Waals surface area (Å²) in [6.07, 6.45) is 0. The monoisotopic (exact) mass is 378 g/mol. The molecular formula is C19H20ClFN2O3. The van der Waals surface area contributed by atoms with Crippen LogP contribution in [0.3, 0.4) is 0 Å². The summed E-state index contributed by atoms with van der Waals surface area (Å²) < 4.78 is 18.9. The molecule has 0 heterocycles. The molecule has 0 fully saturated rings. The van der Waals surface area contributed by atoms with Crippen molar-refractivity contribution in [3.05, 3.63) is 64.9 Å². The molecule has 2 aromatic carbocycles. The molecule has 0 aliphatic heterocycles. The molecule has 0 aliphatic rings. The van der Waals surface area contributed by atoms with Crippen molar-refractivity contribution in [1.29, 1.82) is 0 Å². The maximum Gasteiger partial charge on any atom is 0.261 e. The molecule has 0 radical (unpaired) electrons. The van der Waals surface area contributed by atoms with Crippen LogP contribution in [-0.4, -0.2) is 36.4 Å². The molecule has 2 rings (SSSR count). The van der Waals surface area contributed by atoms with Gasteiger partial charge in [-0.2, -0.15) is 0 Å². The van der Waals surface area contributed by atoms with Crippen LogP contribution in [0.2, 0.25) is 5.02 Å². The molecule has 0 saturated heterocycles. The average Bonchev–Trinajstić information content (AvgIpc) is 2.65. The molecule has 138 valence electrons. The van der Waals surface area contributed by atoms with Gasteiger partial charge in [0.1, 0.15) is 6.04 Å². The van der Waals surface area contributed by atoms with Crippen molar-refractivity contribution < 1.29 is 18.7 Å². The minimum atomic E-state index is -0.743. The zero-order valence-corrected chi connectivity index (χ0v) is 15.3. The van der Waals surface area contributed by atoms with Gasteiger partial charge < -0.3 is 15.0 Å². The standard InChI is InChI=1S/C19H20ClFN2O3/c1-13(19(25)22-2)23(11-14-7-3-4-8-15(14)20)18(24)12-26-17-10-6-5-9-16(17)21/h3-10,13H,11-12H2,1-2H3,(H,22,25)/t13-/m1/s1. The van der Waals surface area contributed by atoms with Gasteiger partial charge in [0.25, 0.3) is 5.91 Å². The molecule has 0 saturated carbocycles. The highest BCUT2D eigenvalue weighted by Gasteiger charge is 2.26. The van der Waals surface area contributed by atoms with E-state index < -0.39 is 24.4 Å². The van der Waals surface area contributed by atoms with E-state index in [1.807, 2.05) is 0 Å². The van der Waals surface area contributed by atoms with E-state index >= 15 is 0 Å². The first-order chi connectivity index (χ1) is 12.4. The van der Waals surface area contributed by atoms with Crippen molar-refractivity contribution in [2.75, 3.05) is 13.7 Å². The minimum Gasteiger partial charge on any atom is -0.481 e. The molecule has 2 aromatic rings. The SMILES string of the molecule is CNC(=O)[C@@H](C)N(Cc1ccccc1Cl)C(=O)COc1ccccc1F. The highest BCUT2D eigenvalue weighted by molar-refractivity contribution is 6.31. The molecule has 0 bridgehead atoms. The summed E-state index contributed by atoms with van der Waals surface area (Å²) in [6, 6.07) is 12.1. The summed E-state index contributed by atoms with van der Waals surface area (Å²) in [5.41, 5.74) is 0.698. The van der Waals surface area contributed by atoms with E-state index in [4.69, 9.17) is 16.3 Å². The van der Waals surface area contributed by atoms with Crippen molar-refractivity contribution in [2.45, 2.75) is 19.5 Å². The van der Waals surface area contributed by atoms with Crippen LogP contribution in [0.4, 0.5) is 4.39 Å². The molecule has 26 heavy (non-hydrogen) atoms. The number of ether oxygens (including phenoxy) is 1. The Balaban J connectivity index is 2.17. The predicted octanol–water partition coefficient (Wildman–Crippen LogP) is 3.02. The fraction of sp³-hybridized carbons (Fsp3) is 0.263. The second-order valence-electron chi connectivity index (χ2n) is 5.62. The van der Waals surface area contributed by atoms with Gasteiger partial charge >= 0.3 is 0 Å². The maximum absolute atomic E-state index is 13.7. The zero-order chi connectivity index (χ0) is 19.1. The van der Waals surface area contributed by atoms with E-state index in [1.54, 1.807) is 37.3 Å². The molecular weight excluding hydrogens is 359 g/mol. The van der Waals surface area contributed by atoms with E-state index in [1.165, 1.54) is 30.1 Å². The third-order valence-corrected chi connectivity index (χ3v) is 4.27. The number of halogens is 2. The Bertz CT molecular complexity index is 785. The van der Waals surface area contributed by atoms with Crippen LogP contribution in [0.5, 0.6) is 5.75 Å². The van der Waals surface area contributed by atoms with Crippen molar-refractivity contribution in [2.24, 2.45) is 0 Å². The second kappa shape index (κ2) is 9.20. The summed E-state index contributed by atoms with van der Waals surface area (Å²) in [5.74, 6) is -1.36. The molecule has 0 unspecified atom stereocenters. The van der Waals surface area contributed by atoms with Crippen molar-refractivity contribution in [1.82, 2.24) is 10.2 Å². The van der Waals surface area contributed by atoms with Crippen LogP contribution in [0.25, 0.3) is 0 Å². The maximum atomic E-state index is 13.7. The number of likely N-dealkylation sites (N-methyl/N-ethyl adjacent to an activating group) is 1. The van der Waals surface area contributed by atoms with E-state index in [9.17, 15) is 14.0 Å². The van der Waals surface area contributed by atoms with Gasteiger partial charge in [0.15, 0.2) is 18.2 Å². The number of carbonyl (C=O) groups is 2. The predicted molar refractivity (Wildman–Crippen MR) is 97.4 cm³/mol. The number of carbonyl (C=O) groups excluding carboxylic acids is 2. The number of hydrogen-bond donors (Lipinski definition) is 1. The van der Waals surface area contributed by atoms with E-state index in [-0.39, 0.29) is 18.2 Å². The lowest BCUT2D eigenvalue weighted by Gasteiger charge is -2.28. The molecule has 7 heteroatoms. The number of amides is 2. The normalized spacial score (nSPS) is 11.5. The Labute approximate surface area is 156 Å². The van der Waals surface area contributed by atoms with Crippen LogP contribution in [0.15, 0.2) is 48.5 Å². The van der Waals surface area contributed by atoms with Crippen molar-refractivity contribution >= 4 is 23.4 Å². The molecule has 1 atom stereocenters. The van der Waals surface area contributed by atoms with Gasteiger partial charge in [-0.1, -0.05) is 41.9 Å². The van der Waals surface area contributed by atoms with Gasteiger partial charge in [-0.15, -0.1) is 0 Å². The van der Waals surface area contributed by atoms with E-state index in [0.29, 0.717) is 10.6 Å². The number of nitrogens with zero attached hydrogens (tertiary/aromatic N) is 1. The Hall–Kier alpha value is -2.60. The van der Waals surface area contributed by atoms with E-state index in [2.05, 4.69) is 5.32 Å². The first-order valence-corrected chi connectivity index (χ1v) is 8.43. The van der Waals surface area contributed by atoms with Crippen molar-refractivity contribution in [3.63, 3.8) is 0 Å². The number of nitrogens with one attached hydrogen (secondary N) is 1.